The van der Waals surface area contributed by atoms with Crippen LogP contribution in [-0.2, 0) is 21.7 Å². The van der Waals surface area contributed by atoms with Crippen molar-refractivity contribution in [2.45, 2.75) is 167 Å². The van der Waals surface area contributed by atoms with Crippen molar-refractivity contribution < 1.29 is 4.42 Å². The second-order valence-corrected chi connectivity index (χ2v) is 28.2. The molecule has 1 aromatic heterocycles. The van der Waals surface area contributed by atoms with E-state index in [1.54, 1.807) is 11.1 Å². The first-order valence-corrected chi connectivity index (χ1v) is 33.6. The van der Waals surface area contributed by atoms with Gasteiger partial charge in [-0.2, -0.15) is 0 Å². The second-order valence-electron chi connectivity index (χ2n) is 28.2. The summed E-state index contributed by atoms with van der Waals surface area (Å²) in [6.07, 6.45) is 18.4. The maximum Gasteiger partial charge on any atom is 0.144 e. The fraction of sp³-hybridized carbons (Fsp3) is 0.302. The summed E-state index contributed by atoms with van der Waals surface area (Å²) in [5, 5.41) is 6.20. The summed E-state index contributed by atoms with van der Waals surface area (Å²) in [6.45, 7) is 19.3. The summed E-state index contributed by atoms with van der Waals surface area (Å²) in [4.78, 5) is 0. The number of furan rings is 1. The van der Waals surface area contributed by atoms with Crippen LogP contribution in [0.2, 0.25) is 0 Å². The van der Waals surface area contributed by atoms with Crippen LogP contribution in [0.1, 0.15) is 190 Å². The van der Waals surface area contributed by atoms with Crippen LogP contribution in [-0.4, -0.2) is 0 Å². The molecule has 0 bridgehead atoms. The normalized spacial score (nSPS) is 15.4. The van der Waals surface area contributed by atoms with E-state index in [1.165, 1.54) is 207 Å². The lowest BCUT2D eigenvalue weighted by atomic mass is 9.70. The van der Waals surface area contributed by atoms with E-state index in [0.717, 1.165) is 27.9 Å². The van der Waals surface area contributed by atoms with Gasteiger partial charge in [0.05, 0.1) is 0 Å². The van der Waals surface area contributed by atoms with Crippen molar-refractivity contribution in [2.24, 2.45) is 0 Å². The van der Waals surface area contributed by atoms with Crippen LogP contribution in [0, 0.1) is 0 Å². The molecule has 0 radical (unpaired) electrons. The molecular formula is C86H85NO. The van der Waals surface area contributed by atoms with E-state index in [4.69, 9.17) is 4.42 Å². The molecule has 0 saturated heterocycles. The minimum Gasteiger partial charge on any atom is -0.455 e. The molecular weight excluding hydrogens is 1060 g/mol. The van der Waals surface area contributed by atoms with Crippen molar-refractivity contribution in [1.29, 1.82) is 0 Å². The lowest BCUT2D eigenvalue weighted by molar-refractivity contribution is 0.398. The Morgan fingerprint density at radius 2 is 0.807 bits per heavy atom. The minimum atomic E-state index is -0.289. The van der Waals surface area contributed by atoms with Crippen LogP contribution < -0.4 is 5.32 Å². The highest BCUT2D eigenvalue weighted by atomic mass is 16.3. The predicted octanol–water partition coefficient (Wildman–Crippen LogP) is 25.0. The third-order valence-electron chi connectivity index (χ3n) is 21.9. The van der Waals surface area contributed by atoms with Gasteiger partial charge in [-0.1, -0.05) is 266 Å². The molecule has 0 aliphatic heterocycles. The summed E-state index contributed by atoms with van der Waals surface area (Å²) in [7, 11) is 0. The fourth-order valence-electron chi connectivity index (χ4n) is 17.0. The molecule has 1 N–H and O–H groups in total. The van der Waals surface area contributed by atoms with Gasteiger partial charge in [-0.25, -0.2) is 0 Å². The Morgan fingerprint density at radius 1 is 0.330 bits per heavy atom. The highest BCUT2D eigenvalue weighted by Crippen LogP contribution is 2.61. The van der Waals surface area contributed by atoms with Gasteiger partial charge < -0.3 is 9.73 Å². The van der Waals surface area contributed by atoms with Gasteiger partial charge in [0, 0.05) is 54.9 Å². The molecule has 0 unspecified atom stereocenters. The van der Waals surface area contributed by atoms with Crippen molar-refractivity contribution in [3.8, 4) is 77.9 Å². The van der Waals surface area contributed by atoms with E-state index in [9.17, 15) is 0 Å². The molecule has 0 fully saturated rings. The van der Waals surface area contributed by atoms with Crippen LogP contribution in [0.5, 0.6) is 0 Å². The highest BCUT2D eigenvalue weighted by molar-refractivity contribution is 6.18. The maximum absolute atomic E-state index is 7.22. The van der Waals surface area contributed by atoms with Crippen LogP contribution in [0.3, 0.4) is 0 Å². The molecule has 0 amide bonds. The zero-order valence-electron chi connectivity index (χ0n) is 53.3. The van der Waals surface area contributed by atoms with Crippen molar-refractivity contribution in [2.75, 3.05) is 5.32 Å². The number of rotatable bonds is 19. The van der Waals surface area contributed by atoms with Crippen molar-refractivity contribution in [3.05, 3.63) is 239 Å². The number of anilines is 2. The van der Waals surface area contributed by atoms with Crippen molar-refractivity contribution >= 4 is 33.3 Å². The molecule has 0 atom stereocenters. The van der Waals surface area contributed by atoms with E-state index in [1.807, 2.05) is 0 Å². The van der Waals surface area contributed by atoms with E-state index in [0.29, 0.717) is 0 Å². The molecule has 10 aromatic carbocycles. The molecule has 88 heavy (non-hydrogen) atoms. The average molecular weight is 1150 g/mol. The number of benzene rings is 10. The number of hydrogen-bond donors (Lipinski definition) is 1. The summed E-state index contributed by atoms with van der Waals surface area (Å²) in [5.74, 6) is 0. The topological polar surface area (TPSA) is 25.2 Å². The zero-order valence-corrected chi connectivity index (χ0v) is 53.3. The fourth-order valence-corrected chi connectivity index (χ4v) is 17.0. The van der Waals surface area contributed by atoms with E-state index in [2.05, 4.69) is 255 Å². The van der Waals surface area contributed by atoms with Gasteiger partial charge in [0.25, 0.3) is 0 Å². The molecule has 15 rings (SSSR count). The Hall–Kier alpha value is -8.20. The molecule has 2 heteroatoms. The summed E-state index contributed by atoms with van der Waals surface area (Å²) in [5.41, 5.74) is 33.1. The Bertz CT molecular complexity index is 4520. The van der Waals surface area contributed by atoms with Gasteiger partial charge in [0.1, 0.15) is 11.2 Å². The van der Waals surface area contributed by atoms with Gasteiger partial charge in [-0.3, -0.25) is 0 Å². The summed E-state index contributed by atoms with van der Waals surface area (Å²) < 4.78 is 7.22. The molecule has 0 spiro atoms. The molecule has 2 nitrogen and oxygen atoms in total. The minimum absolute atomic E-state index is 0.0471. The van der Waals surface area contributed by atoms with Gasteiger partial charge >= 0.3 is 0 Å². The lowest BCUT2D eigenvalue weighted by Crippen LogP contribution is -2.25. The highest BCUT2D eigenvalue weighted by Gasteiger charge is 2.46. The first-order chi connectivity index (χ1) is 42.8. The molecule has 440 valence electrons. The Morgan fingerprint density at radius 3 is 1.51 bits per heavy atom. The van der Waals surface area contributed by atoms with Crippen LogP contribution in [0.4, 0.5) is 11.4 Å². The van der Waals surface area contributed by atoms with Crippen LogP contribution in [0.25, 0.3) is 99.8 Å². The molecule has 11 aromatic rings. The maximum atomic E-state index is 7.22. The van der Waals surface area contributed by atoms with E-state index < -0.39 is 0 Å². The van der Waals surface area contributed by atoms with Gasteiger partial charge in [-0.05, 0) is 185 Å². The molecule has 4 aliphatic rings. The summed E-state index contributed by atoms with van der Waals surface area (Å²) in [6, 6.07) is 74.5. The summed E-state index contributed by atoms with van der Waals surface area (Å²) >= 11 is 0. The third kappa shape index (κ3) is 8.92. The monoisotopic (exact) mass is 1150 g/mol. The number of hydrogen-bond acceptors (Lipinski definition) is 2. The second kappa shape index (κ2) is 21.8. The third-order valence-corrected chi connectivity index (χ3v) is 21.9. The van der Waals surface area contributed by atoms with Gasteiger partial charge in [0.15, 0.2) is 0 Å². The van der Waals surface area contributed by atoms with E-state index >= 15 is 0 Å². The van der Waals surface area contributed by atoms with Gasteiger partial charge in [0.2, 0.25) is 0 Å². The Labute approximate surface area is 523 Å². The Kier molecular flexibility index (Phi) is 14.0. The first kappa shape index (κ1) is 56.3. The predicted molar refractivity (Wildman–Crippen MR) is 375 cm³/mol. The SMILES string of the molecule is CCCCCCCCC1(CCCCCCCC)c2ccccc2-c2ccc(-c3ccc4c(c3)C(C)(C)c3cc(-c5cc6c(c7oc8ccccc8c57)-c5cc7c(cc5C6(C)C)-c5ccc(Nc6ccccc6-c6ccccc6)cc5C7(C)C)ccc3-4)cc21. The van der Waals surface area contributed by atoms with Crippen LogP contribution in [0.15, 0.2) is 199 Å². The Balaban J connectivity index is 0.776. The van der Waals surface area contributed by atoms with Crippen molar-refractivity contribution in [1.82, 2.24) is 0 Å². The number of nitrogens with one attached hydrogen (secondary N) is 1. The first-order valence-electron chi connectivity index (χ1n) is 33.6. The standard InChI is InChI=1S/C86H85NO/c1-9-11-13-15-17-28-46-86(47-29-18-16-14-12-10-2)70-35-25-22-33-61(70)64-43-39-57(49-76(64)86)56-38-42-62-63-44-40-58(50-72(63)83(3,4)71(62)48-56)67-52-77-81(82-80(67)66-34-24-27-37-79(66)88-82)69-54-74-68(53-75(69)85(77,7)8)65-45-41-59(51-73(65)84(74,5)6)87-78-36-26-23-32-60(78)55-30-20-19-21-31-55/h19-27,30-45,48-54,87H,9-18,28-29,46-47H2,1-8H3. The van der Waals surface area contributed by atoms with Crippen LogP contribution >= 0.6 is 0 Å². The zero-order chi connectivity index (χ0) is 60.1. The number of fused-ring (bicyclic) bond motifs is 16. The number of para-hydroxylation sites is 2. The molecule has 4 aliphatic carbocycles. The van der Waals surface area contributed by atoms with Crippen molar-refractivity contribution in [3.63, 3.8) is 0 Å². The lowest BCUT2D eigenvalue weighted by Gasteiger charge is -2.33. The molecule has 1 heterocycles. The number of unbranched alkanes of at least 4 members (excludes halogenated alkanes) is 10. The average Bonchev–Trinajstić information content (AvgIpc) is 1.54. The smallest absolute Gasteiger partial charge is 0.144 e. The van der Waals surface area contributed by atoms with E-state index in [-0.39, 0.29) is 21.7 Å². The quantitative estimate of drug-likeness (QED) is 0.0817. The van der Waals surface area contributed by atoms with Gasteiger partial charge in [-0.15, -0.1) is 0 Å². The molecule has 0 saturated carbocycles. The largest absolute Gasteiger partial charge is 0.455 e.